The fourth-order valence-electron chi connectivity index (χ4n) is 4.94. The van der Waals surface area contributed by atoms with E-state index in [-0.39, 0.29) is 23.4 Å². The molecule has 1 aliphatic carbocycles. The van der Waals surface area contributed by atoms with Gasteiger partial charge in [-0.05, 0) is 56.9 Å². The van der Waals surface area contributed by atoms with Crippen molar-refractivity contribution in [2.75, 3.05) is 6.54 Å². The Balaban J connectivity index is 1.87. The molecule has 0 spiro atoms. The summed E-state index contributed by atoms with van der Waals surface area (Å²) >= 11 is 0. The maximum Gasteiger partial charge on any atom is 0.266 e. The van der Waals surface area contributed by atoms with Gasteiger partial charge in [0.05, 0.1) is 22.6 Å². The normalized spacial score (nSPS) is 15.6. The lowest BCUT2D eigenvalue weighted by atomic mass is 9.88. The Bertz CT molecular complexity index is 1160. The molecule has 1 atom stereocenters. The van der Waals surface area contributed by atoms with Crippen molar-refractivity contribution in [3.63, 3.8) is 0 Å². The summed E-state index contributed by atoms with van der Waals surface area (Å²) in [7, 11) is 0. The zero-order valence-corrected chi connectivity index (χ0v) is 19.4. The molecule has 1 fully saturated rings. The molecule has 168 valence electrons. The van der Waals surface area contributed by atoms with E-state index < -0.39 is 0 Å². The highest BCUT2D eigenvalue weighted by Crippen LogP contribution is 2.30. The highest BCUT2D eigenvalue weighted by atomic mass is 16.2. The fraction of sp³-hybridized carbons (Fsp3) is 0.444. The third kappa shape index (κ3) is 4.21. The summed E-state index contributed by atoms with van der Waals surface area (Å²) in [6.07, 6.45) is 6.24. The third-order valence-corrected chi connectivity index (χ3v) is 6.70. The van der Waals surface area contributed by atoms with Gasteiger partial charge in [-0.3, -0.25) is 14.2 Å². The van der Waals surface area contributed by atoms with Gasteiger partial charge >= 0.3 is 0 Å². The number of para-hydroxylation sites is 2. The molecule has 2 aromatic carbocycles. The smallest absolute Gasteiger partial charge is 0.266 e. The molecule has 0 aliphatic heterocycles. The van der Waals surface area contributed by atoms with Crippen LogP contribution in [0.15, 0.2) is 53.3 Å². The quantitative estimate of drug-likeness (QED) is 0.512. The van der Waals surface area contributed by atoms with Gasteiger partial charge in [-0.25, -0.2) is 4.98 Å². The van der Waals surface area contributed by atoms with Gasteiger partial charge in [0.25, 0.3) is 5.56 Å². The van der Waals surface area contributed by atoms with Gasteiger partial charge in [0.15, 0.2) is 0 Å². The summed E-state index contributed by atoms with van der Waals surface area (Å²) in [5, 5.41) is 0.590. The van der Waals surface area contributed by atoms with Crippen molar-refractivity contribution in [2.45, 2.75) is 65.3 Å². The summed E-state index contributed by atoms with van der Waals surface area (Å²) in [6.45, 7) is 6.77. The third-order valence-electron chi connectivity index (χ3n) is 6.70. The maximum absolute atomic E-state index is 13.7. The molecule has 0 bridgehead atoms. The molecule has 0 N–H and O–H groups in total. The minimum absolute atomic E-state index is 0.0804. The van der Waals surface area contributed by atoms with Crippen molar-refractivity contribution in [1.82, 2.24) is 14.5 Å². The topological polar surface area (TPSA) is 55.2 Å². The number of rotatable bonds is 6. The minimum atomic E-state index is -0.304. The molecule has 1 aliphatic rings. The molecule has 1 saturated carbocycles. The molecule has 5 heteroatoms. The van der Waals surface area contributed by atoms with Crippen LogP contribution in [0.2, 0.25) is 0 Å². The van der Waals surface area contributed by atoms with E-state index in [2.05, 4.69) is 6.92 Å². The second-order valence-corrected chi connectivity index (χ2v) is 8.96. The van der Waals surface area contributed by atoms with Crippen molar-refractivity contribution in [3.05, 3.63) is 70.3 Å². The van der Waals surface area contributed by atoms with Gasteiger partial charge in [-0.2, -0.15) is 0 Å². The van der Waals surface area contributed by atoms with Crippen LogP contribution >= 0.6 is 0 Å². The first-order valence-electron chi connectivity index (χ1n) is 11.9. The lowest BCUT2D eigenvalue weighted by molar-refractivity contribution is -0.139. The number of aromatic nitrogens is 2. The van der Waals surface area contributed by atoms with Crippen LogP contribution in [0, 0.1) is 12.8 Å². The van der Waals surface area contributed by atoms with Crippen LogP contribution in [-0.4, -0.2) is 26.9 Å². The first-order chi connectivity index (χ1) is 15.5. The summed E-state index contributed by atoms with van der Waals surface area (Å²) in [6, 6.07) is 15.0. The second-order valence-electron chi connectivity index (χ2n) is 8.96. The summed E-state index contributed by atoms with van der Waals surface area (Å²) in [5.74, 6) is 0.912. The Kier molecular flexibility index (Phi) is 6.73. The SMILES string of the molecule is CCCN(C(=O)C1CCCCC1)C(C)c1nc2ccccc2c(=O)n1-c1ccccc1C. The van der Waals surface area contributed by atoms with Crippen LogP contribution in [0.1, 0.15) is 69.8 Å². The number of aryl methyl sites for hydroxylation is 1. The second kappa shape index (κ2) is 9.68. The van der Waals surface area contributed by atoms with Crippen molar-refractivity contribution in [1.29, 1.82) is 0 Å². The van der Waals surface area contributed by atoms with Crippen molar-refractivity contribution >= 4 is 16.8 Å². The summed E-state index contributed by atoms with van der Waals surface area (Å²) in [4.78, 5) is 34.2. The highest BCUT2D eigenvalue weighted by molar-refractivity contribution is 5.80. The fourth-order valence-corrected chi connectivity index (χ4v) is 4.94. The van der Waals surface area contributed by atoms with E-state index in [4.69, 9.17) is 4.98 Å². The van der Waals surface area contributed by atoms with Crippen LogP contribution < -0.4 is 5.56 Å². The van der Waals surface area contributed by atoms with E-state index in [1.54, 1.807) is 4.57 Å². The van der Waals surface area contributed by atoms with Gasteiger partial charge in [0.2, 0.25) is 5.91 Å². The van der Waals surface area contributed by atoms with Crippen LogP contribution in [-0.2, 0) is 4.79 Å². The molecule has 0 radical (unpaired) electrons. The molecule has 5 nitrogen and oxygen atoms in total. The Labute approximate surface area is 190 Å². The Morgan fingerprint density at radius 2 is 1.78 bits per heavy atom. The number of fused-ring (bicyclic) bond motifs is 1. The molecule has 1 aromatic heterocycles. The Morgan fingerprint density at radius 3 is 2.50 bits per heavy atom. The molecular weight excluding hydrogens is 398 g/mol. The van der Waals surface area contributed by atoms with Gasteiger partial charge in [-0.1, -0.05) is 56.5 Å². The molecular formula is C27H33N3O2. The van der Waals surface area contributed by atoms with E-state index in [9.17, 15) is 9.59 Å². The molecule has 1 amide bonds. The van der Waals surface area contributed by atoms with Crippen molar-refractivity contribution < 1.29 is 4.79 Å². The monoisotopic (exact) mass is 431 g/mol. The number of hydrogen-bond acceptors (Lipinski definition) is 3. The summed E-state index contributed by atoms with van der Waals surface area (Å²) in [5.41, 5.74) is 2.40. The van der Waals surface area contributed by atoms with Gasteiger partial charge in [0.1, 0.15) is 5.82 Å². The first-order valence-corrected chi connectivity index (χ1v) is 11.9. The number of carbonyl (C=O) groups is 1. The number of nitrogens with zero attached hydrogens (tertiary/aromatic N) is 3. The molecule has 1 heterocycles. The molecule has 0 saturated heterocycles. The van der Waals surface area contributed by atoms with E-state index in [1.807, 2.05) is 67.3 Å². The maximum atomic E-state index is 13.7. The van der Waals surface area contributed by atoms with E-state index in [0.29, 0.717) is 23.3 Å². The lowest BCUT2D eigenvalue weighted by Crippen LogP contribution is -2.41. The van der Waals surface area contributed by atoms with Gasteiger partial charge in [0, 0.05) is 12.5 Å². The Morgan fingerprint density at radius 1 is 1.09 bits per heavy atom. The largest absolute Gasteiger partial charge is 0.333 e. The number of benzene rings is 2. The predicted octanol–water partition coefficient (Wildman–Crippen LogP) is 5.57. The van der Waals surface area contributed by atoms with Crippen LogP contribution in [0.5, 0.6) is 0 Å². The van der Waals surface area contributed by atoms with Crippen LogP contribution in [0.25, 0.3) is 16.6 Å². The van der Waals surface area contributed by atoms with Crippen LogP contribution in [0.3, 0.4) is 0 Å². The summed E-state index contributed by atoms with van der Waals surface area (Å²) < 4.78 is 1.72. The number of carbonyl (C=O) groups excluding carboxylic acids is 1. The average molecular weight is 432 g/mol. The predicted molar refractivity (Wildman–Crippen MR) is 129 cm³/mol. The zero-order valence-electron chi connectivity index (χ0n) is 19.4. The molecule has 3 aromatic rings. The van der Waals surface area contributed by atoms with Gasteiger partial charge < -0.3 is 4.90 Å². The highest BCUT2D eigenvalue weighted by Gasteiger charge is 2.31. The standard InChI is InChI=1S/C27H33N3O2/c1-4-18-29(26(31)21-13-6-5-7-14-21)20(3)25-28-23-16-10-9-15-22(23)27(32)30(25)24-17-11-8-12-19(24)2/h8-12,15-17,20-21H,4-7,13-14,18H2,1-3H3. The van der Waals surface area contributed by atoms with Crippen molar-refractivity contribution in [2.24, 2.45) is 5.92 Å². The van der Waals surface area contributed by atoms with E-state index >= 15 is 0 Å². The number of hydrogen-bond donors (Lipinski definition) is 0. The minimum Gasteiger partial charge on any atom is -0.333 e. The lowest BCUT2D eigenvalue weighted by Gasteiger charge is -2.34. The molecule has 4 rings (SSSR count). The average Bonchev–Trinajstić information content (AvgIpc) is 2.83. The van der Waals surface area contributed by atoms with E-state index in [0.717, 1.165) is 43.4 Å². The molecule has 32 heavy (non-hydrogen) atoms. The zero-order chi connectivity index (χ0) is 22.7. The van der Waals surface area contributed by atoms with Crippen molar-refractivity contribution in [3.8, 4) is 5.69 Å². The molecule has 1 unspecified atom stereocenters. The van der Waals surface area contributed by atoms with Gasteiger partial charge in [-0.15, -0.1) is 0 Å². The van der Waals surface area contributed by atoms with Crippen LogP contribution in [0.4, 0.5) is 0 Å². The number of amides is 1. The first kappa shape index (κ1) is 22.3. The van der Waals surface area contributed by atoms with E-state index in [1.165, 1.54) is 6.42 Å². The Hall–Kier alpha value is -2.95.